The Labute approximate surface area is 219 Å². The van der Waals surface area contributed by atoms with E-state index in [4.69, 9.17) is 14.2 Å². The second kappa shape index (κ2) is 13.6. The van der Waals surface area contributed by atoms with Gasteiger partial charge in [-0.3, -0.25) is 9.59 Å². The fourth-order valence-corrected chi connectivity index (χ4v) is 3.92. The molecule has 202 valence electrons. The summed E-state index contributed by atoms with van der Waals surface area (Å²) in [5.41, 5.74) is -1.46. The van der Waals surface area contributed by atoms with Crippen LogP contribution in [0.25, 0.3) is 0 Å². The number of hydrogen-bond donors (Lipinski definition) is 1. The Morgan fingerprint density at radius 1 is 0.946 bits per heavy atom. The summed E-state index contributed by atoms with van der Waals surface area (Å²) in [5, 5.41) is 10.2. The highest BCUT2D eigenvalue weighted by Crippen LogP contribution is 2.45. The van der Waals surface area contributed by atoms with Crippen molar-refractivity contribution in [3.63, 3.8) is 0 Å². The highest BCUT2D eigenvalue weighted by Gasteiger charge is 2.46. The van der Waals surface area contributed by atoms with E-state index in [9.17, 15) is 24.3 Å². The molecular formula is C29H38O8. The normalized spacial score (nSPS) is 15.6. The van der Waals surface area contributed by atoms with Crippen LogP contribution in [0, 0.1) is 10.8 Å². The van der Waals surface area contributed by atoms with Crippen molar-refractivity contribution in [2.45, 2.75) is 61.0 Å². The second-order valence-electron chi connectivity index (χ2n) is 9.29. The molecule has 0 saturated carbocycles. The van der Waals surface area contributed by atoms with Crippen LogP contribution in [-0.2, 0) is 40.0 Å². The molecule has 1 aromatic carbocycles. The maximum absolute atomic E-state index is 13.7. The van der Waals surface area contributed by atoms with Gasteiger partial charge < -0.3 is 19.3 Å². The summed E-state index contributed by atoms with van der Waals surface area (Å²) in [6.07, 6.45) is 1.34. The number of aliphatic carboxylic acids is 1. The lowest BCUT2D eigenvalue weighted by molar-refractivity contribution is -0.155. The van der Waals surface area contributed by atoms with Crippen LogP contribution in [0.15, 0.2) is 65.3 Å². The molecule has 1 rings (SSSR count). The molecule has 2 atom stereocenters. The average Bonchev–Trinajstić information content (AvgIpc) is 2.91. The Balaban J connectivity index is 3.77. The maximum Gasteiger partial charge on any atom is 0.334 e. The largest absolute Gasteiger partial charge is 0.481 e. The fraction of sp³-hybridized carbons (Fsp3) is 0.448. The van der Waals surface area contributed by atoms with Gasteiger partial charge in [0, 0.05) is 11.1 Å². The molecule has 0 aliphatic carbocycles. The van der Waals surface area contributed by atoms with E-state index < -0.39 is 34.7 Å². The van der Waals surface area contributed by atoms with Crippen LogP contribution >= 0.6 is 0 Å². The highest BCUT2D eigenvalue weighted by atomic mass is 16.5. The molecule has 2 unspecified atom stereocenters. The number of rotatable bonds is 13. The summed E-state index contributed by atoms with van der Waals surface area (Å²) in [6, 6.07) is 9.07. The van der Waals surface area contributed by atoms with Gasteiger partial charge in [-0.15, -0.1) is 0 Å². The summed E-state index contributed by atoms with van der Waals surface area (Å²) in [4.78, 5) is 51.3. The van der Waals surface area contributed by atoms with Crippen molar-refractivity contribution in [2.24, 2.45) is 10.8 Å². The lowest BCUT2D eigenvalue weighted by Gasteiger charge is -2.36. The first-order valence-electron chi connectivity index (χ1n) is 12.0. The van der Waals surface area contributed by atoms with Gasteiger partial charge in [-0.25, -0.2) is 9.59 Å². The zero-order chi connectivity index (χ0) is 28.4. The van der Waals surface area contributed by atoms with E-state index in [1.807, 2.05) is 18.2 Å². The first-order chi connectivity index (χ1) is 17.3. The predicted molar refractivity (Wildman–Crippen MR) is 139 cm³/mol. The lowest BCUT2D eigenvalue weighted by atomic mass is 9.67. The molecule has 8 nitrogen and oxygen atoms in total. The SMILES string of the molecule is C=CCOC(=O)C(C)=C(CC(C)(C(=O)OCc1ccccc1)C(C)=C(C)C(=O)OC)C(C)(CC)C(=O)O. The van der Waals surface area contributed by atoms with Crippen molar-refractivity contribution in [1.82, 2.24) is 0 Å². The Morgan fingerprint density at radius 2 is 1.54 bits per heavy atom. The molecule has 0 spiro atoms. The minimum atomic E-state index is -1.51. The first kappa shape index (κ1) is 31.4. The average molecular weight is 515 g/mol. The molecule has 0 amide bonds. The third-order valence-electron chi connectivity index (χ3n) is 7.01. The number of carbonyl (C=O) groups is 4. The van der Waals surface area contributed by atoms with Crippen LogP contribution in [0.2, 0.25) is 0 Å². The summed E-state index contributed by atoms with van der Waals surface area (Å²) in [7, 11) is 1.23. The minimum Gasteiger partial charge on any atom is -0.481 e. The summed E-state index contributed by atoms with van der Waals surface area (Å²) < 4.78 is 15.7. The van der Waals surface area contributed by atoms with Gasteiger partial charge in [-0.2, -0.15) is 0 Å². The molecule has 0 aromatic heterocycles. The summed E-state index contributed by atoms with van der Waals surface area (Å²) in [6.45, 7) is 12.8. The topological polar surface area (TPSA) is 116 Å². The number of carboxylic acid groups (broad SMARTS) is 1. The van der Waals surface area contributed by atoms with Crippen molar-refractivity contribution >= 4 is 23.9 Å². The van der Waals surface area contributed by atoms with Crippen molar-refractivity contribution in [3.8, 4) is 0 Å². The van der Waals surface area contributed by atoms with Gasteiger partial charge in [0.2, 0.25) is 0 Å². The van der Waals surface area contributed by atoms with Crippen LogP contribution in [0.5, 0.6) is 0 Å². The van der Waals surface area contributed by atoms with E-state index in [1.54, 1.807) is 32.9 Å². The molecule has 8 heteroatoms. The third kappa shape index (κ3) is 7.41. The summed E-state index contributed by atoms with van der Waals surface area (Å²) >= 11 is 0. The predicted octanol–water partition coefficient (Wildman–Crippen LogP) is 5.18. The molecule has 0 aliphatic heterocycles. The standard InChI is InChI=1S/C29H38O8/c1-9-16-36-25(31)20(4)23(28(6,10-2)26(32)33)17-29(7,21(5)19(3)24(30)35-8)27(34)37-18-22-14-12-11-13-15-22/h9,11-15H,1,10,16-18H2,2-8H3,(H,32,33). The number of ether oxygens (including phenoxy) is 3. The third-order valence-corrected chi connectivity index (χ3v) is 7.01. The van der Waals surface area contributed by atoms with Gasteiger partial charge in [0.25, 0.3) is 0 Å². The molecule has 0 bridgehead atoms. The van der Waals surface area contributed by atoms with Crippen LogP contribution in [0.4, 0.5) is 0 Å². The van der Waals surface area contributed by atoms with Crippen LogP contribution < -0.4 is 0 Å². The number of benzene rings is 1. The Bertz CT molecular complexity index is 1080. The van der Waals surface area contributed by atoms with Crippen molar-refractivity contribution in [1.29, 1.82) is 0 Å². The van der Waals surface area contributed by atoms with E-state index in [0.29, 0.717) is 5.57 Å². The smallest absolute Gasteiger partial charge is 0.334 e. The summed E-state index contributed by atoms with van der Waals surface area (Å²) in [5.74, 6) is -3.19. The maximum atomic E-state index is 13.7. The Hall–Kier alpha value is -3.68. The quantitative estimate of drug-likeness (QED) is 0.166. The molecular weight excluding hydrogens is 476 g/mol. The van der Waals surface area contributed by atoms with Gasteiger partial charge in [0.1, 0.15) is 13.2 Å². The molecule has 1 aromatic rings. The van der Waals surface area contributed by atoms with E-state index in [-0.39, 0.29) is 42.8 Å². The molecule has 1 N–H and O–H groups in total. The van der Waals surface area contributed by atoms with E-state index in [2.05, 4.69) is 6.58 Å². The fourth-order valence-electron chi connectivity index (χ4n) is 3.92. The van der Waals surface area contributed by atoms with Crippen molar-refractivity contribution < 1.29 is 38.5 Å². The molecule has 0 aliphatic rings. The van der Waals surface area contributed by atoms with Gasteiger partial charge in [-0.05, 0) is 64.2 Å². The lowest BCUT2D eigenvalue weighted by Crippen LogP contribution is -2.39. The van der Waals surface area contributed by atoms with Crippen LogP contribution in [-0.4, -0.2) is 42.7 Å². The number of carbonyl (C=O) groups excluding carboxylic acids is 3. The molecule has 37 heavy (non-hydrogen) atoms. The van der Waals surface area contributed by atoms with Crippen molar-refractivity contribution in [2.75, 3.05) is 13.7 Å². The van der Waals surface area contributed by atoms with Crippen molar-refractivity contribution in [3.05, 3.63) is 70.8 Å². The Kier molecular flexibility index (Phi) is 11.5. The zero-order valence-electron chi connectivity index (χ0n) is 22.8. The molecule has 0 fully saturated rings. The van der Waals surface area contributed by atoms with Gasteiger partial charge in [0.15, 0.2) is 0 Å². The second-order valence-corrected chi connectivity index (χ2v) is 9.29. The van der Waals surface area contributed by atoms with E-state index >= 15 is 0 Å². The Morgan fingerprint density at radius 3 is 2.03 bits per heavy atom. The van der Waals surface area contributed by atoms with E-state index in [0.717, 1.165) is 5.56 Å². The molecule has 0 saturated heterocycles. The first-order valence-corrected chi connectivity index (χ1v) is 12.0. The molecule has 0 radical (unpaired) electrons. The molecule has 0 heterocycles. The monoisotopic (exact) mass is 514 g/mol. The van der Waals surface area contributed by atoms with Crippen LogP contribution in [0.3, 0.4) is 0 Å². The van der Waals surface area contributed by atoms with Gasteiger partial charge in [-0.1, -0.05) is 49.9 Å². The number of hydrogen-bond acceptors (Lipinski definition) is 7. The zero-order valence-corrected chi connectivity index (χ0v) is 22.8. The van der Waals surface area contributed by atoms with E-state index in [1.165, 1.54) is 34.0 Å². The number of esters is 3. The van der Waals surface area contributed by atoms with Gasteiger partial charge in [0.05, 0.1) is 17.9 Å². The number of methoxy groups -OCH3 is 1. The number of carboxylic acids is 1. The van der Waals surface area contributed by atoms with Crippen LogP contribution in [0.1, 0.15) is 59.9 Å². The minimum absolute atomic E-state index is 0.0246. The van der Waals surface area contributed by atoms with Gasteiger partial charge >= 0.3 is 23.9 Å². The highest BCUT2D eigenvalue weighted by molar-refractivity contribution is 5.93.